The van der Waals surface area contributed by atoms with Crippen molar-refractivity contribution >= 4 is 5.82 Å². The zero-order valence-electron chi connectivity index (χ0n) is 9.90. The first kappa shape index (κ1) is 11.1. The van der Waals surface area contributed by atoms with Crippen LogP contribution in [-0.4, -0.2) is 30.1 Å². The van der Waals surface area contributed by atoms with E-state index in [1.54, 1.807) is 0 Å². The van der Waals surface area contributed by atoms with Crippen molar-refractivity contribution in [2.24, 2.45) is 0 Å². The lowest BCUT2D eigenvalue weighted by Gasteiger charge is -2.26. The normalized spacial score (nSPS) is 16.1. The van der Waals surface area contributed by atoms with E-state index in [2.05, 4.69) is 33.2 Å². The van der Waals surface area contributed by atoms with Crippen LogP contribution >= 0.6 is 0 Å². The van der Waals surface area contributed by atoms with E-state index in [4.69, 9.17) is 0 Å². The molecule has 4 nitrogen and oxygen atoms in total. The van der Waals surface area contributed by atoms with Gasteiger partial charge in [-0.05, 0) is 20.4 Å². The largest absolute Gasteiger partial charge is 0.351 e. The van der Waals surface area contributed by atoms with Crippen molar-refractivity contribution in [3.05, 3.63) is 29.7 Å². The first-order chi connectivity index (χ1) is 7.79. The minimum absolute atomic E-state index is 0.770. The van der Waals surface area contributed by atoms with Crippen molar-refractivity contribution in [1.29, 1.82) is 0 Å². The lowest BCUT2D eigenvalue weighted by atomic mass is 10.1. The second-order valence-electron chi connectivity index (χ2n) is 4.14. The van der Waals surface area contributed by atoms with Crippen LogP contribution in [0.25, 0.3) is 0 Å². The molecule has 0 radical (unpaired) electrons. The van der Waals surface area contributed by atoms with Gasteiger partial charge in [-0.1, -0.05) is 11.6 Å². The van der Waals surface area contributed by atoms with Gasteiger partial charge in [-0.15, -0.1) is 0 Å². The van der Waals surface area contributed by atoms with Gasteiger partial charge in [-0.2, -0.15) is 0 Å². The van der Waals surface area contributed by atoms with E-state index in [-0.39, 0.29) is 0 Å². The summed E-state index contributed by atoms with van der Waals surface area (Å²) in [5.74, 6) is 0.976. The van der Waals surface area contributed by atoms with Gasteiger partial charge < -0.3 is 10.2 Å². The smallest absolute Gasteiger partial charge is 0.147 e. The van der Waals surface area contributed by atoms with E-state index in [1.165, 1.54) is 5.57 Å². The van der Waals surface area contributed by atoms with Gasteiger partial charge in [0.05, 0.1) is 18.1 Å². The molecule has 0 aromatic carbocycles. The van der Waals surface area contributed by atoms with Gasteiger partial charge in [0, 0.05) is 19.6 Å². The van der Waals surface area contributed by atoms with Gasteiger partial charge >= 0.3 is 0 Å². The van der Waals surface area contributed by atoms with Crippen LogP contribution in [0.1, 0.15) is 19.0 Å². The van der Waals surface area contributed by atoms with Crippen molar-refractivity contribution in [3.8, 4) is 0 Å². The number of hydrogen-bond acceptors (Lipinski definition) is 4. The first-order valence-corrected chi connectivity index (χ1v) is 5.65. The van der Waals surface area contributed by atoms with Crippen LogP contribution in [0.3, 0.4) is 0 Å². The summed E-state index contributed by atoms with van der Waals surface area (Å²) in [6, 6.07) is 0. The summed E-state index contributed by atoms with van der Waals surface area (Å²) in [5.41, 5.74) is 2.45. The molecule has 0 fully saturated rings. The Balaban J connectivity index is 2.04. The molecule has 0 spiro atoms. The summed E-state index contributed by atoms with van der Waals surface area (Å²) in [6.45, 7) is 4.94. The predicted molar refractivity (Wildman–Crippen MR) is 65.4 cm³/mol. The van der Waals surface area contributed by atoms with E-state index < -0.39 is 0 Å². The van der Waals surface area contributed by atoms with Crippen LogP contribution in [0.4, 0.5) is 5.82 Å². The lowest BCUT2D eigenvalue weighted by Crippen LogP contribution is -2.29. The molecule has 0 aliphatic carbocycles. The van der Waals surface area contributed by atoms with Gasteiger partial charge in [0.15, 0.2) is 0 Å². The zero-order valence-corrected chi connectivity index (χ0v) is 9.90. The van der Waals surface area contributed by atoms with E-state index in [0.29, 0.717) is 0 Å². The summed E-state index contributed by atoms with van der Waals surface area (Å²) in [6.07, 6.45) is 7.09. The fourth-order valence-electron chi connectivity index (χ4n) is 1.76. The molecule has 0 atom stereocenters. The number of rotatable bonds is 3. The minimum atomic E-state index is 0.770. The highest BCUT2D eigenvalue weighted by Crippen LogP contribution is 2.16. The maximum absolute atomic E-state index is 4.44. The molecule has 0 unspecified atom stereocenters. The van der Waals surface area contributed by atoms with Crippen molar-refractivity contribution in [2.75, 3.05) is 25.0 Å². The van der Waals surface area contributed by atoms with Crippen LogP contribution in [0, 0.1) is 0 Å². The monoisotopic (exact) mass is 218 g/mol. The predicted octanol–water partition coefficient (Wildman–Crippen LogP) is 1.35. The zero-order chi connectivity index (χ0) is 11.4. The summed E-state index contributed by atoms with van der Waals surface area (Å²) >= 11 is 0. The molecule has 2 rings (SSSR count). The fourth-order valence-corrected chi connectivity index (χ4v) is 1.76. The lowest BCUT2D eigenvalue weighted by molar-refractivity contribution is 0.756. The number of hydrogen-bond donors (Lipinski definition) is 1. The molecule has 0 saturated heterocycles. The summed E-state index contributed by atoms with van der Waals surface area (Å²) in [7, 11) is 1.91. The molecule has 2 heterocycles. The highest BCUT2D eigenvalue weighted by Gasteiger charge is 2.11. The Morgan fingerprint density at radius 1 is 1.38 bits per heavy atom. The molecule has 1 aliphatic heterocycles. The molecule has 16 heavy (non-hydrogen) atoms. The standard InChI is InChI=1S/C12H18N4/c1-10-3-5-16(6-4-10)12-9-14-11(7-13-2)8-15-12/h3,8-9,13H,4-7H2,1-2H3. The van der Waals surface area contributed by atoms with E-state index >= 15 is 0 Å². The topological polar surface area (TPSA) is 41.1 Å². The average molecular weight is 218 g/mol. The van der Waals surface area contributed by atoms with Crippen LogP contribution in [0.15, 0.2) is 24.0 Å². The van der Waals surface area contributed by atoms with Crippen molar-refractivity contribution in [2.45, 2.75) is 19.9 Å². The van der Waals surface area contributed by atoms with Crippen LogP contribution < -0.4 is 10.2 Å². The van der Waals surface area contributed by atoms with E-state index in [0.717, 1.165) is 37.6 Å². The second kappa shape index (κ2) is 5.07. The summed E-state index contributed by atoms with van der Waals surface area (Å²) in [5, 5.41) is 3.06. The molecule has 1 aromatic heterocycles. The number of nitrogens with zero attached hydrogens (tertiary/aromatic N) is 3. The van der Waals surface area contributed by atoms with Gasteiger partial charge in [-0.3, -0.25) is 4.98 Å². The van der Waals surface area contributed by atoms with Crippen LogP contribution in [-0.2, 0) is 6.54 Å². The second-order valence-corrected chi connectivity index (χ2v) is 4.14. The van der Waals surface area contributed by atoms with Gasteiger partial charge in [0.25, 0.3) is 0 Å². The Kier molecular flexibility index (Phi) is 3.51. The summed E-state index contributed by atoms with van der Waals surface area (Å²) < 4.78 is 0. The molecule has 0 bridgehead atoms. The minimum Gasteiger partial charge on any atom is -0.351 e. The Morgan fingerprint density at radius 2 is 2.25 bits per heavy atom. The maximum atomic E-state index is 4.44. The van der Waals surface area contributed by atoms with Crippen molar-refractivity contribution < 1.29 is 0 Å². The van der Waals surface area contributed by atoms with Crippen LogP contribution in [0.5, 0.6) is 0 Å². The Labute approximate surface area is 96.4 Å². The Hall–Kier alpha value is -1.42. The number of nitrogens with one attached hydrogen (secondary N) is 1. The van der Waals surface area contributed by atoms with Crippen molar-refractivity contribution in [1.82, 2.24) is 15.3 Å². The van der Waals surface area contributed by atoms with Crippen LogP contribution in [0.2, 0.25) is 0 Å². The van der Waals surface area contributed by atoms with Crippen molar-refractivity contribution in [3.63, 3.8) is 0 Å². The first-order valence-electron chi connectivity index (χ1n) is 5.65. The summed E-state index contributed by atoms with van der Waals surface area (Å²) in [4.78, 5) is 11.1. The van der Waals surface area contributed by atoms with Gasteiger partial charge in [0.1, 0.15) is 5.82 Å². The third-order valence-electron chi connectivity index (χ3n) is 2.81. The van der Waals surface area contributed by atoms with Gasteiger partial charge in [0.2, 0.25) is 0 Å². The molecule has 0 saturated carbocycles. The van der Waals surface area contributed by atoms with Gasteiger partial charge in [-0.25, -0.2) is 4.98 Å². The van der Waals surface area contributed by atoms with E-state index in [1.807, 2.05) is 19.4 Å². The molecule has 0 amide bonds. The highest BCUT2D eigenvalue weighted by molar-refractivity contribution is 5.38. The fraction of sp³-hybridized carbons (Fsp3) is 0.500. The number of anilines is 1. The molecule has 1 aromatic rings. The van der Waals surface area contributed by atoms with E-state index in [9.17, 15) is 0 Å². The molecule has 1 aliphatic rings. The third-order valence-corrected chi connectivity index (χ3v) is 2.81. The quantitative estimate of drug-likeness (QED) is 0.778. The molecule has 86 valence electrons. The molecule has 4 heteroatoms. The molecule has 1 N–H and O–H groups in total. The highest BCUT2D eigenvalue weighted by atomic mass is 15.2. The SMILES string of the molecule is CNCc1cnc(N2CC=C(C)CC2)cn1. The maximum Gasteiger partial charge on any atom is 0.147 e. The Morgan fingerprint density at radius 3 is 2.81 bits per heavy atom. The number of aromatic nitrogens is 2. The molecular formula is C12H18N4. The average Bonchev–Trinajstić information content (AvgIpc) is 2.32. The third kappa shape index (κ3) is 2.58. The Bertz CT molecular complexity index is 369. The molecular weight excluding hydrogens is 200 g/mol.